The van der Waals surface area contributed by atoms with Crippen LogP contribution in [0.15, 0.2) is 6.07 Å². The van der Waals surface area contributed by atoms with Crippen LogP contribution in [0.25, 0.3) is 0 Å². The van der Waals surface area contributed by atoms with Gasteiger partial charge in [0.1, 0.15) is 10.8 Å². The van der Waals surface area contributed by atoms with Crippen molar-refractivity contribution in [1.29, 1.82) is 0 Å². The molecule has 1 aromatic heterocycles. The molecule has 2 rings (SSSR count). The lowest BCUT2D eigenvalue weighted by atomic mass is 9.93. The summed E-state index contributed by atoms with van der Waals surface area (Å²) in [6, 6.07) is 2.54. The van der Waals surface area contributed by atoms with Gasteiger partial charge < -0.3 is 11.1 Å². The second kappa shape index (κ2) is 7.21. The van der Waals surface area contributed by atoms with Gasteiger partial charge in [0, 0.05) is 11.7 Å². The monoisotopic (exact) mass is 305 g/mol. The van der Waals surface area contributed by atoms with Crippen LogP contribution in [0.1, 0.15) is 63.3 Å². The largest absolute Gasteiger partial charge is 0.389 e. The molecular weight excluding hydrogens is 278 g/mol. The smallest absolute Gasteiger partial charge is 0.136 e. The Morgan fingerprint density at radius 2 is 2.00 bits per heavy atom. The maximum atomic E-state index is 5.92. The third-order valence-electron chi connectivity index (χ3n) is 4.69. The van der Waals surface area contributed by atoms with E-state index in [0.717, 1.165) is 37.1 Å². The number of aryl methyl sites for hydroxylation is 2. The Bertz CT molecular complexity index is 509. The van der Waals surface area contributed by atoms with Gasteiger partial charge in [-0.2, -0.15) is 0 Å². The lowest BCUT2D eigenvalue weighted by molar-refractivity contribution is 0.437. The summed E-state index contributed by atoms with van der Waals surface area (Å²) in [5.74, 6) is 1.52. The van der Waals surface area contributed by atoms with Gasteiger partial charge in [-0.1, -0.05) is 38.9 Å². The molecule has 0 spiro atoms. The number of pyridine rings is 1. The molecule has 1 aliphatic rings. The van der Waals surface area contributed by atoms with Crippen LogP contribution in [0.3, 0.4) is 0 Å². The molecule has 0 aliphatic heterocycles. The number of thiocarbonyl (C=S) groups is 1. The van der Waals surface area contributed by atoms with Crippen LogP contribution >= 0.6 is 12.2 Å². The summed E-state index contributed by atoms with van der Waals surface area (Å²) < 4.78 is 0. The molecule has 3 nitrogen and oxygen atoms in total. The molecule has 1 aliphatic carbocycles. The van der Waals surface area contributed by atoms with Crippen molar-refractivity contribution < 1.29 is 0 Å². The molecule has 1 aromatic rings. The van der Waals surface area contributed by atoms with Crippen LogP contribution in [0.5, 0.6) is 0 Å². The summed E-state index contributed by atoms with van der Waals surface area (Å²) in [6.45, 7) is 6.70. The van der Waals surface area contributed by atoms with Gasteiger partial charge in [-0.05, 0) is 50.2 Å². The first-order chi connectivity index (χ1) is 10.1. The summed E-state index contributed by atoms with van der Waals surface area (Å²) in [5.41, 5.74) is 9.37. The third-order valence-corrected chi connectivity index (χ3v) is 4.91. The predicted octanol–water partition coefficient (Wildman–Crippen LogP) is 3.83. The molecule has 0 saturated heterocycles. The quantitative estimate of drug-likeness (QED) is 0.784. The molecule has 1 unspecified atom stereocenters. The number of fused-ring (bicyclic) bond motifs is 1. The number of aromatic nitrogens is 1. The summed E-state index contributed by atoms with van der Waals surface area (Å²) in [4.78, 5) is 5.29. The second-order valence-electron chi connectivity index (χ2n) is 6.07. The highest BCUT2D eigenvalue weighted by molar-refractivity contribution is 7.80. The van der Waals surface area contributed by atoms with E-state index in [-0.39, 0.29) is 0 Å². The van der Waals surface area contributed by atoms with Crippen LogP contribution in [-0.4, -0.2) is 16.0 Å². The number of anilines is 1. The van der Waals surface area contributed by atoms with Gasteiger partial charge >= 0.3 is 0 Å². The van der Waals surface area contributed by atoms with Crippen LogP contribution in [0.4, 0.5) is 5.82 Å². The Morgan fingerprint density at radius 1 is 1.33 bits per heavy atom. The van der Waals surface area contributed by atoms with Crippen LogP contribution in [0.2, 0.25) is 0 Å². The Hall–Kier alpha value is -1.16. The summed E-state index contributed by atoms with van der Waals surface area (Å²) in [7, 11) is 0. The number of rotatable bonds is 6. The topological polar surface area (TPSA) is 50.9 Å². The highest BCUT2D eigenvalue weighted by atomic mass is 32.1. The SMILES string of the molecule is CCC(CC)C(C)Nc1nc2c(cc1C(N)=S)CCCC2. The van der Waals surface area contributed by atoms with Crippen molar-refractivity contribution in [3.8, 4) is 0 Å². The first kappa shape index (κ1) is 16.2. The van der Waals surface area contributed by atoms with E-state index in [4.69, 9.17) is 22.9 Å². The number of nitrogens with two attached hydrogens (primary N) is 1. The van der Waals surface area contributed by atoms with Crippen molar-refractivity contribution in [2.45, 2.75) is 65.3 Å². The fourth-order valence-corrected chi connectivity index (χ4v) is 3.42. The third kappa shape index (κ3) is 3.73. The Kier molecular flexibility index (Phi) is 5.57. The van der Waals surface area contributed by atoms with Crippen molar-refractivity contribution in [3.05, 3.63) is 22.9 Å². The van der Waals surface area contributed by atoms with Gasteiger partial charge in [0.2, 0.25) is 0 Å². The molecule has 3 N–H and O–H groups in total. The fraction of sp³-hybridized carbons (Fsp3) is 0.647. The van der Waals surface area contributed by atoms with Gasteiger partial charge in [0.15, 0.2) is 0 Å². The fourth-order valence-electron chi connectivity index (χ4n) is 3.26. The first-order valence-corrected chi connectivity index (χ1v) is 8.56. The van der Waals surface area contributed by atoms with Crippen molar-refractivity contribution in [2.75, 3.05) is 5.32 Å². The number of hydrogen-bond donors (Lipinski definition) is 2. The van der Waals surface area contributed by atoms with E-state index in [2.05, 4.69) is 32.2 Å². The average Bonchev–Trinajstić information content (AvgIpc) is 2.47. The van der Waals surface area contributed by atoms with E-state index in [1.807, 2.05) is 0 Å². The van der Waals surface area contributed by atoms with Gasteiger partial charge in [-0.15, -0.1) is 0 Å². The maximum Gasteiger partial charge on any atom is 0.136 e. The normalized spacial score (nSPS) is 15.6. The molecular formula is C17H27N3S. The Labute approximate surface area is 133 Å². The highest BCUT2D eigenvalue weighted by Crippen LogP contribution is 2.26. The molecule has 0 bridgehead atoms. The average molecular weight is 305 g/mol. The minimum absolute atomic E-state index is 0.377. The standard InChI is InChI=1S/C17H27N3S/c1-4-12(5-2)11(3)19-17-14(16(18)21)10-13-8-6-7-9-15(13)20-17/h10-12H,4-9H2,1-3H3,(H2,18,21)(H,19,20). The lowest BCUT2D eigenvalue weighted by Crippen LogP contribution is -2.28. The summed E-state index contributed by atoms with van der Waals surface area (Å²) in [6.07, 6.45) is 6.97. The molecule has 1 heterocycles. The van der Waals surface area contributed by atoms with E-state index in [1.165, 1.54) is 24.1 Å². The summed E-state index contributed by atoms with van der Waals surface area (Å²) in [5, 5.41) is 3.57. The van der Waals surface area contributed by atoms with Gasteiger partial charge in [-0.25, -0.2) is 4.98 Å². The maximum absolute atomic E-state index is 5.92. The molecule has 0 saturated carbocycles. The molecule has 1 atom stereocenters. The molecule has 4 heteroatoms. The molecule has 0 aromatic carbocycles. The lowest BCUT2D eigenvalue weighted by Gasteiger charge is -2.26. The first-order valence-electron chi connectivity index (χ1n) is 8.15. The van der Waals surface area contributed by atoms with Crippen molar-refractivity contribution >= 4 is 23.0 Å². The zero-order valence-electron chi connectivity index (χ0n) is 13.4. The number of nitrogens with zero attached hydrogens (tertiary/aromatic N) is 1. The molecule has 21 heavy (non-hydrogen) atoms. The summed E-state index contributed by atoms with van der Waals surface area (Å²) >= 11 is 5.23. The highest BCUT2D eigenvalue weighted by Gasteiger charge is 2.20. The van der Waals surface area contributed by atoms with E-state index in [9.17, 15) is 0 Å². The van der Waals surface area contributed by atoms with Crippen LogP contribution < -0.4 is 11.1 Å². The molecule has 116 valence electrons. The van der Waals surface area contributed by atoms with Gasteiger partial charge in [0.05, 0.1) is 5.56 Å². The Morgan fingerprint density at radius 3 is 2.62 bits per heavy atom. The zero-order valence-corrected chi connectivity index (χ0v) is 14.2. The predicted molar refractivity (Wildman–Crippen MR) is 93.9 cm³/mol. The van der Waals surface area contributed by atoms with Crippen LogP contribution in [-0.2, 0) is 12.8 Å². The van der Waals surface area contributed by atoms with E-state index in [0.29, 0.717) is 16.9 Å². The Balaban J connectivity index is 2.30. The second-order valence-corrected chi connectivity index (χ2v) is 6.51. The van der Waals surface area contributed by atoms with Crippen LogP contribution in [0, 0.1) is 5.92 Å². The van der Waals surface area contributed by atoms with Gasteiger partial charge in [0.25, 0.3) is 0 Å². The molecule has 0 fully saturated rings. The number of hydrogen-bond acceptors (Lipinski definition) is 3. The van der Waals surface area contributed by atoms with Gasteiger partial charge in [-0.3, -0.25) is 0 Å². The zero-order chi connectivity index (χ0) is 15.4. The van der Waals surface area contributed by atoms with E-state index in [1.54, 1.807) is 0 Å². The van der Waals surface area contributed by atoms with E-state index < -0.39 is 0 Å². The van der Waals surface area contributed by atoms with Crippen molar-refractivity contribution in [2.24, 2.45) is 11.7 Å². The minimum Gasteiger partial charge on any atom is -0.389 e. The number of nitrogens with one attached hydrogen (secondary N) is 1. The van der Waals surface area contributed by atoms with Crippen molar-refractivity contribution in [3.63, 3.8) is 0 Å². The minimum atomic E-state index is 0.377. The molecule has 0 amide bonds. The van der Waals surface area contributed by atoms with Crippen molar-refractivity contribution in [1.82, 2.24) is 4.98 Å². The van der Waals surface area contributed by atoms with E-state index >= 15 is 0 Å². The molecule has 0 radical (unpaired) electrons.